The van der Waals surface area contributed by atoms with E-state index in [1.165, 1.54) is 11.4 Å². The molecular formula is C26H25N5O4. The Morgan fingerprint density at radius 3 is 2.54 bits per heavy atom. The van der Waals surface area contributed by atoms with Gasteiger partial charge in [-0.1, -0.05) is 12.1 Å². The van der Waals surface area contributed by atoms with Crippen molar-refractivity contribution in [3.63, 3.8) is 0 Å². The first-order chi connectivity index (χ1) is 16.9. The molecule has 1 aliphatic heterocycles. The van der Waals surface area contributed by atoms with Gasteiger partial charge in [-0.3, -0.25) is 19.5 Å². The molecule has 0 atom stereocenters. The molecule has 35 heavy (non-hydrogen) atoms. The second kappa shape index (κ2) is 9.09. The normalized spacial score (nSPS) is 12.9. The van der Waals surface area contributed by atoms with Gasteiger partial charge in [-0.25, -0.2) is 9.50 Å². The van der Waals surface area contributed by atoms with E-state index in [-0.39, 0.29) is 30.3 Å². The van der Waals surface area contributed by atoms with Gasteiger partial charge in [0.05, 0.1) is 37.0 Å². The van der Waals surface area contributed by atoms with Gasteiger partial charge < -0.3 is 15.0 Å². The summed E-state index contributed by atoms with van der Waals surface area (Å²) in [5, 5.41) is 5.85. The number of hydrogen-bond donors (Lipinski definition) is 2. The molecule has 2 N–H and O–H groups in total. The zero-order valence-electron chi connectivity index (χ0n) is 19.5. The van der Waals surface area contributed by atoms with E-state index in [1.807, 2.05) is 42.5 Å². The van der Waals surface area contributed by atoms with Gasteiger partial charge in [0.25, 0.3) is 5.56 Å². The van der Waals surface area contributed by atoms with Crippen LogP contribution in [0.5, 0.6) is 5.75 Å². The van der Waals surface area contributed by atoms with Crippen LogP contribution >= 0.6 is 0 Å². The quantitative estimate of drug-likeness (QED) is 0.465. The minimum atomic E-state index is -0.193. The molecule has 2 aromatic heterocycles. The SMILES string of the molecule is COc1ccc(-c2cc3nc4c(c(=O)n3[nH]2)CN(C(=O)Cc2ccc(NC(C)=O)cc2)CC4)cc1. The maximum absolute atomic E-state index is 13.3. The first-order valence-corrected chi connectivity index (χ1v) is 11.3. The highest BCUT2D eigenvalue weighted by Crippen LogP contribution is 2.23. The van der Waals surface area contributed by atoms with Crippen LogP contribution in [0.25, 0.3) is 16.9 Å². The van der Waals surface area contributed by atoms with E-state index in [1.54, 1.807) is 24.1 Å². The third-order valence-corrected chi connectivity index (χ3v) is 6.14. The Labute approximate surface area is 201 Å². The summed E-state index contributed by atoms with van der Waals surface area (Å²) in [6.07, 6.45) is 0.744. The molecule has 5 rings (SSSR count). The molecule has 0 unspecified atom stereocenters. The Bertz CT molecular complexity index is 1470. The van der Waals surface area contributed by atoms with E-state index in [9.17, 15) is 14.4 Å². The van der Waals surface area contributed by atoms with Crippen LogP contribution in [-0.4, -0.2) is 45.0 Å². The molecule has 0 spiro atoms. The summed E-state index contributed by atoms with van der Waals surface area (Å²) < 4.78 is 6.65. The fraction of sp³-hybridized carbons (Fsp3) is 0.231. The van der Waals surface area contributed by atoms with Crippen molar-refractivity contribution >= 4 is 23.1 Å². The fourth-order valence-corrected chi connectivity index (χ4v) is 4.31. The van der Waals surface area contributed by atoms with Crippen molar-refractivity contribution in [2.24, 2.45) is 0 Å². The van der Waals surface area contributed by atoms with Crippen LogP contribution in [0.15, 0.2) is 59.4 Å². The summed E-state index contributed by atoms with van der Waals surface area (Å²) in [7, 11) is 1.61. The lowest BCUT2D eigenvalue weighted by Gasteiger charge is -2.27. The summed E-state index contributed by atoms with van der Waals surface area (Å²) in [4.78, 5) is 43.8. The zero-order valence-corrected chi connectivity index (χ0v) is 19.5. The Morgan fingerprint density at radius 1 is 1.11 bits per heavy atom. The highest BCUT2D eigenvalue weighted by atomic mass is 16.5. The molecule has 0 aliphatic carbocycles. The number of nitrogens with one attached hydrogen (secondary N) is 2. The van der Waals surface area contributed by atoms with Crippen LogP contribution in [0, 0.1) is 0 Å². The standard InChI is InChI=1S/C26H25N5O4/c1-16(32)27-19-7-3-17(4-8-19)13-25(33)30-12-11-22-21(15-30)26(34)31-24(28-22)14-23(29-31)18-5-9-20(35-2)10-6-18/h3-10,14,29H,11-13,15H2,1-2H3,(H,27,32). The number of hydrogen-bond acceptors (Lipinski definition) is 5. The summed E-state index contributed by atoms with van der Waals surface area (Å²) >= 11 is 0. The number of methoxy groups -OCH3 is 1. The van der Waals surface area contributed by atoms with Gasteiger partial charge in [0.2, 0.25) is 11.8 Å². The molecule has 0 fully saturated rings. The van der Waals surface area contributed by atoms with Gasteiger partial charge in [0.1, 0.15) is 5.75 Å². The van der Waals surface area contributed by atoms with E-state index in [2.05, 4.69) is 10.4 Å². The number of benzene rings is 2. The zero-order chi connectivity index (χ0) is 24.5. The lowest BCUT2D eigenvalue weighted by molar-refractivity contribution is -0.131. The number of amides is 2. The summed E-state index contributed by atoms with van der Waals surface area (Å²) in [6, 6.07) is 16.6. The van der Waals surface area contributed by atoms with Crippen molar-refractivity contribution in [3.8, 4) is 17.0 Å². The van der Waals surface area contributed by atoms with Crippen LogP contribution in [0.1, 0.15) is 23.7 Å². The van der Waals surface area contributed by atoms with Crippen LogP contribution < -0.4 is 15.6 Å². The van der Waals surface area contributed by atoms with E-state index in [0.29, 0.717) is 29.9 Å². The molecule has 1 aliphatic rings. The molecule has 0 saturated carbocycles. The van der Waals surface area contributed by atoms with Gasteiger partial charge in [0.15, 0.2) is 5.65 Å². The second-order valence-corrected chi connectivity index (χ2v) is 8.55. The van der Waals surface area contributed by atoms with E-state index < -0.39 is 0 Å². The third kappa shape index (κ3) is 4.52. The topological polar surface area (TPSA) is 109 Å². The number of H-pyrrole nitrogens is 1. The molecule has 0 saturated heterocycles. The van der Waals surface area contributed by atoms with Gasteiger partial charge in [-0.2, -0.15) is 0 Å². The first kappa shape index (κ1) is 22.4. The monoisotopic (exact) mass is 471 g/mol. The molecule has 178 valence electrons. The minimum absolute atomic E-state index is 0.0576. The van der Waals surface area contributed by atoms with E-state index in [0.717, 1.165) is 28.3 Å². The number of carbonyl (C=O) groups excluding carboxylic acids is 2. The summed E-state index contributed by atoms with van der Waals surface area (Å²) in [5.41, 5.74) is 4.84. The average molecular weight is 472 g/mol. The predicted octanol–water partition coefficient (Wildman–Crippen LogP) is 2.78. The molecule has 2 aromatic carbocycles. The van der Waals surface area contributed by atoms with Gasteiger partial charge in [0, 0.05) is 31.6 Å². The van der Waals surface area contributed by atoms with Crippen molar-refractivity contribution < 1.29 is 14.3 Å². The Balaban J connectivity index is 1.35. The average Bonchev–Trinajstić information content (AvgIpc) is 3.29. The van der Waals surface area contributed by atoms with E-state index in [4.69, 9.17) is 9.72 Å². The van der Waals surface area contributed by atoms with Crippen LogP contribution in [0.2, 0.25) is 0 Å². The second-order valence-electron chi connectivity index (χ2n) is 8.55. The third-order valence-electron chi connectivity index (χ3n) is 6.14. The largest absolute Gasteiger partial charge is 0.497 e. The fourth-order valence-electron chi connectivity index (χ4n) is 4.31. The number of aromatic nitrogens is 3. The van der Waals surface area contributed by atoms with Crippen molar-refractivity contribution in [2.75, 3.05) is 19.0 Å². The Hall–Kier alpha value is -4.40. The van der Waals surface area contributed by atoms with Gasteiger partial charge in [-0.05, 0) is 47.5 Å². The number of carbonyl (C=O) groups is 2. The predicted molar refractivity (Wildman–Crippen MR) is 131 cm³/mol. The molecule has 0 bridgehead atoms. The maximum atomic E-state index is 13.3. The van der Waals surface area contributed by atoms with Crippen molar-refractivity contribution in [1.29, 1.82) is 0 Å². The van der Waals surface area contributed by atoms with Crippen molar-refractivity contribution in [2.45, 2.75) is 26.3 Å². The molecule has 9 nitrogen and oxygen atoms in total. The number of ether oxygens (including phenoxy) is 1. The number of rotatable bonds is 5. The molecule has 0 radical (unpaired) electrons. The molecule has 9 heteroatoms. The molecule has 2 amide bonds. The highest BCUT2D eigenvalue weighted by molar-refractivity contribution is 5.88. The molecule has 3 heterocycles. The summed E-state index contributed by atoms with van der Waals surface area (Å²) in [5.74, 6) is 0.551. The van der Waals surface area contributed by atoms with Gasteiger partial charge in [-0.15, -0.1) is 0 Å². The minimum Gasteiger partial charge on any atom is -0.497 e. The number of aromatic amines is 1. The number of nitrogens with zero attached hydrogens (tertiary/aromatic N) is 3. The van der Waals surface area contributed by atoms with Crippen molar-refractivity contribution in [3.05, 3.63) is 81.8 Å². The Kier molecular flexibility index (Phi) is 5.82. The Morgan fingerprint density at radius 2 is 1.86 bits per heavy atom. The molecule has 4 aromatic rings. The van der Waals surface area contributed by atoms with E-state index >= 15 is 0 Å². The summed E-state index contributed by atoms with van der Waals surface area (Å²) in [6.45, 7) is 2.18. The maximum Gasteiger partial charge on any atom is 0.277 e. The van der Waals surface area contributed by atoms with Crippen LogP contribution in [-0.2, 0) is 29.0 Å². The number of anilines is 1. The lowest BCUT2D eigenvalue weighted by Crippen LogP contribution is -2.40. The van der Waals surface area contributed by atoms with Crippen LogP contribution in [0.4, 0.5) is 5.69 Å². The van der Waals surface area contributed by atoms with Gasteiger partial charge >= 0.3 is 0 Å². The number of fused-ring (bicyclic) bond motifs is 2. The molecular weight excluding hydrogens is 446 g/mol. The van der Waals surface area contributed by atoms with Crippen LogP contribution in [0.3, 0.4) is 0 Å². The van der Waals surface area contributed by atoms with Crippen molar-refractivity contribution in [1.82, 2.24) is 19.5 Å². The first-order valence-electron chi connectivity index (χ1n) is 11.3. The highest BCUT2D eigenvalue weighted by Gasteiger charge is 2.25. The lowest BCUT2D eigenvalue weighted by atomic mass is 10.1. The smallest absolute Gasteiger partial charge is 0.277 e.